The highest BCUT2D eigenvalue weighted by molar-refractivity contribution is 5.27. The predicted molar refractivity (Wildman–Crippen MR) is 63.0 cm³/mol. The Morgan fingerprint density at radius 3 is 2.62 bits per heavy atom. The molecule has 3 atom stereocenters. The van der Waals surface area contributed by atoms with E-state index < -0.39 is 0 Å². The van der Waals surface area contributed by atoms with Gasteiger partial charge in [-0.05, 0) is 37.2 Å². The van der Waals surface area contributed by atoms with E-state index in [2.05, 4.69) is 24.0 Å². The van der Waals surface area contributed by atoms with E-state index in [-0.39, 0.29) is 6.10 Å². The van der Waals surface area contributed by atoms with Crippen molar-refractivity contribution in [1.82, 2.24) is 10.2 Å². The monoisotopic (exact) mass is 221 g/mol. The van der Waals surface area contributed by atoms with Crippen molar-refractivity contribution >= 4 is 5.82 Å². The summed E-state index contributed by atoms with van der Waals surface area (Å²) in [4.78, 5) is 0. The van der Waals surface area contributed by atoms with Crippen LogP contribution in [0.2, 0.25) is 0 Å². The summed E-state index contributed by atoms with van der Waals surface area (Å²) < 4.78 is 5.80. The topological polar surface area (TPSA) is 61.0 Å². The van der Waals surface area contributed by atoms with Crippen molar-refractivity contribution in [2.24, 2.45) is 11.8 Å². The third kappa shape index (κ3) is 2.62. The van der Waals surface area contributed by atoms with Crippen molar-refractivity contribution in [3.8, 4) is 5.88 Å². The lowest BCUT2D eigenvalue weighted by molar-refractivity contribution is 0.0955. The first-order valence-corrected chi connectivity index (χ1v) is 5.91. The molecular formula is C12H19N3O. The highest BCUT2D eigenvalue weighted by atomic mass is 16.5. The van der Waals surface area contributed by atoms with Gasteiger partial charge in [-0.1, -0.05) is 13.8 Å². The third-order valence-corrected chi connectivity index (χ3v) is 3.50. The molecule has 4 heteroatoms. The van der Waals surface area contributed by atoms with Crippen LogP contribution < -0.4 is 10.5 Å². The van der Waals surface area contributed by atoms with E-state index in [1.165, 1.54) is 6.42 Å². The van der Waals surface area contributed by atoms with Crippen molar-refractivity contribution in [3.63, 3.8) is 0 Å². The van der Waals surface area contributed by atoms with Crippen LogP contribution in [-0.4, -0.2) is 16.3 Å². The number of nitrogens with two attached hydrogens (primary N) is 1. The van der Waals surface area contributed by atoms with Crippen LogP contribution >= 0.6 is 0 Å². The second-order valence-corrected chi connectivity index (χ2v) is 4.80. The molecule has 3 unspecified atom stereocenters. The van der Waals surface area contributed by atoms with Gasteiger partial charge < -0.3 is 10.5 Å². The summed E-state index contributed by atoms with van der Waals surface area (Å²) in [6, 6.07) is 3.50. The molecule has 1 aromatic rings. The minimum Gasteiger partial charge on any atom is -0.473 e. The van der Waals surface area contributed by atoms with E-state index >= 15 is 0 Å². The quantitative estimate of drug-likeness (QED) is 0.832. The van der Waals surface area contributed by atoms with Crippen LogP contribution in [0.1, 0.15) is 33.1 Å². The molecular weight excluding hydrogens is 202 g/mol. The van der Waals surface area contributed by atoms with Crippen molar-refractivity contribution in [1.29, 1.82) is 0 Å². The summed E-state index contributed by atoms with van der Waals surface area (Å²) in [5.74, 6) is 2.54. The van der Waals surface area contributed by atoms with E-state index in [9.17, 15) is 0 Å². The van der Waals surface area contributed by atoms with E-state index in [0.29, 0.717) is 11.7 Å². The molecule has 2 N–H and O–H groups in total. The van der Waals surface area contributed by atoms with E-state index in [1.807, 2.05) is 0 Å². The number of anilines is 1. The highest BCUT2D eigenvalue weighted by Gasteiger charge is 2.25. The molecule has 88 valence electrons. The fourth-order valence-corrected chi connectivity index (χ4v) is 2.17. The molecule has 0 amide bonds. The van der Waals surface area contributed by atoms with E-state index in [4.69, 9.17) is 10.5 Å². The number of hydrogen-bond donors (Lipinski definition) is 1. The first-order valence-electron chi connectivity index (χ1n) is 5.91. The first kappa shape index (κ1) is 11.2. The summed E-state index contributed by atoms with van der Waals surface area (Å²) >= 11 is 0. The Hall–Kier alpha value is -1.32. The van der Waals surface area contributed by atoms with Crippen molar-refractivity contribution in [3.05, 3.63) is 12.1 Å². The minimum absolute atomic E-state index is 0.282. The van der Waals surface area contributed by atoms with Crippen LogP contribution in [0.15, 0.2) is 12.1 Å². The smallest absolute Gasteiger partial charge is 0.233 e. The number of nitrogens with zero attached hydrogens (tertiary/aromatic N) is 2. The maximum Gasteiger partial charge on any atom is 0.233 e. The zero-order valence-electron chi connectivity index (χ0n) is 9.89. The molecule has 4 nitrogen and oxygen atoms in total. The second-order valence-electron chi connectivity index (χ2n) is 4.80. The van der Waals surface area contributed by atoms with Gasteiger partial charge in [-0.2, -0.15) is 0 Å². The van der Waals surface area contributed by atoms with Crippen molar-refractivity contribution in [2.45, 2.75) is 39.2 Å². The lowest BCUT2D eigenvalue weighted by Gasteiger charge is -2.31. The van der Waals surface area contributed by atoms with Crippen LogP contribution in [0.25, 0.3) is 0 Å². The van der Waals surface area contributed by atoms with Crippen LogP contribution in [0, 0.1) is 11.8 Å². The van der Waals surface area contributed by atoms with Gasteiger partial charge >= 0.3 is 0 Å². The van der Waals surface area contributed by atoms with Crippen molar-refractivity contribution < 1.29 is 4.74 Å². The molecule has 16 heavy (non-hydrogen) atoms. The zero-order chi connectivity index (χ0) is 11.5. The Balaban J connectivity index is 1.93. The molecule has 0 spiro atoms. The Morgan fingerprint density at radius 1 is 1.19 bits per heavy atom. The molecule has 1 aliphatic carbocycles. The average Bonchev–Trinajstić information content (AvgIpc) is 2.27. The Labute approximate surface area is 96.2 Å². The zero-order valence-corrected chi connectivity index (χ0v) is 9.89. The second kappa shape index (κ2) is 4.68. The average molecular weight is 221 g/mol. The SMILES string of the molecule is CC1CCC(Oc2ccc(N)nn2)CC1C. The van der Waals surface area contributed by atoms with Gasteiger partial charge in [0.15, 0.2) is 0 Å². The van der Waals surface area contributed by atoms with Gasteiger partial charge in [0.05, 0.1) is 0 Å². The maximum absolute atomic E-state index is 5.80. The van der Waals surface area contributed by atoms with E-state index in [0.717, 1.165) is 24.7 Å². The molecule has 1 heterocycles. The van der Waals surface area contributed by atoms with Crippen LogP contribution in [0.4, 0.5) is 5.82 Å². The predicted octanol–water partition coefficient (Wildman–Crippen LogP) is 2.26. The molecule has 0 aromatic carbocycles. The van der Waals surface area contributed by atoms with Gasteiger partial charge in [-0.3, -0.25) is 0 Å². The van der Waals surface area contributed by atoms with Crippen molar-refractivity contribution in [2.75, 3.05) is 5.73 Å². The molecule has 1 saturated carbocycles. The van der Waals surface area contributed by atoms with E-state index in [1.54, 1.807) is 12.1 Å². The van der Waals surface area contributed by atoms with Gasteiger partial charge in [0.1, 0.15) is 11.9 Å². The molecule has 1 aliphatic rings. The van der Waals surface area contributed by atoms with Crippen LogP contribution in [0.3, 0.4) is 0 Å². The van der Waals surface area contributed by atoms with Gasteiger partial charge in [-0.25, -0.2) is 0 Å². The molecule has 0 bridgehead atoms. The largest absolute Gasteiger partial charge is 0.473 e. The molecule has 2 rings (SSSR count). The summed E-state index contributed by atoms with van der Waals surface area (Å²) in [5, 5.41) is 7.70. The fourth-order valence-electron chi connectivity index (χ4n) is 2.17. The fraction of sp³-hybridized carbons (Fsp3) is 0.667. The molecule has 1 aromatic heterocycles. The number of aromatic nitrogens is 2. The third-order valence-electron chi connectivity index (χ3n) is 3.50. The Morgan fingerprint density at radius 2 is 2.00 bits per heavy atom. The minimum atomic E-state index is 0.282. The van der Waals surface area contributed by atoms with Gasteiger partial charge in [-0.15, -0.1) is 10.2 Å². The normalized spacial score (nSPS) is 30.0. The van der Waals surface area contributed by atoms with Crippen LogP contribution in [0.5, 0.6) is 5.88 Å². The first-order chi connectivity index (χ1) is 7.65. The Bertz CT molecular complexity index is 339. The molecule has 0 aliphatic heterocycles. The van der Waals surface area contributed by atoms with Crippen LogP contribution in [-0.2, 0) is 0 Å². The standard InChI is InChI=1S/C12H19N3O/c1-8-3-4-10(7-9(8)2)16-12-6-5-11(13)14-15-12/h5-6,8-10H,3-4,7H2,1-2H3,(H2,13,14). The van der Waals surface area contributed by atoms with Gasteiger partial charge in [0.2, 0.25) is 5.88 Å². The highest BCUT2D eigenvalue weighted by Crippen LogP contribution is 2.31. The summed E-state index contributed by atoms with van der Waals surface area (Å²) in [6.45, 7) is 4.60. The Kier molecular flexibility index (Phi) is 3.27. The lowest BCUT2D eigenvalue weighted by atomic mass is 9.80. The van der Waals surface area contributed by atoms with Gasteiger partial charge in [0.25, 0.3) is 0 Å². The summed E-state index contributed by atoms with van der Waals surface area (Å²) in [7, 11) is 0. The number of hydrogen-bond acceptors (Lipinski definition) is 4. The molecule has 0 radical (unpaired) electrons. The lowest BCUT2D eigenvalue weighted by Crippen LogP contribution is -2.29. The summed E-state index contributed by atoms with van der Waals surface area (Å²) in [6.07, 6.45) is 3.73. The molecule has 0 saturated heterocycles. The number of ether oxygens (including phenoxy) is 1. The molecule has 1 fully saturated rings. The number of rotatable bonds is 2. The summed E-state index contributed by atoms with van der Waals surface area (Å²) in [5.41, 5.74) is 5.47. The maximum atomic E-state index is 5.80. The van der Waals surface area contributed by atoms with Gasteiger partial charge in [0, 0.05) is 6.07 Å². The number of nitrogen functional groups attached to an aromatic ring is 1.